The Hall–Kier alpha value is -1.27. The van der Waals surface area contributed by atoms with Crippen LogP contribution in [0.15, 0.2) is 18.3 Å². The van der Waals surface area contributed by atoms with Crippen LogP contribution >= 0.6 is 11.6 Å². The quantitative estimate of drug-likeness (QED) is 0.721. The number of aromatic nitrogens is 1. The molecule has 4 heteroatoms. The summed E-state index contributed by atoms with van der Waals surface area (Å²) in [6.07, 6.45) is 2.30. The van der Waals surface area contributed by atoms with Gasteiger partial charge in [-0.3, -0.25) is 0 Å². The molecule has 3 nitrogen and oxygen atoms in total. The van der Waals surface area contributed by atoms with E-state index in [1.54, 1.807) is 6.20 Å². The Bertz CT molecular complexity index is 329. The second kappa shape index (κ2) is 6.26. The molecule has 0 unspecified atom stereocenters. The van der Waals surface area contributed by atoms with E-state index in [1.165, 1.54) is 0 Å². The highest BCUT2D eigenvalue weighted by atomic mass is 35.5. The van der Waals surface area contributed by atoms with Crippen LogP contribution in [0.3, 0.4) is 0 Å². The molecule has 80 valence electrons. The second-order valence-electron chi connectivity index (χ2n) is 3.15. The van der Waals surface area contributed by atoms with Crippen molar-refractivity contribution in [3.8, 4) is 6.07 Å². The van der Waals surface area contributed by atoms with Gasteiger partial charge in [-0.15, -0.1) is 11.6 Å². The number of nitrogens with zero attached hydrogens (tertiary/aromatic N) is 3. The third kappa shape index (κ3) is 3.41. The molecule has 0 aromatic carbocycles. The summed E-state index contributed by atoms with van der Waals surface area (Å²) in [5, 5.41) is 8.53. The van der Waals surface area contributed by atoms with Crippen LogP contribution in [0.25, 0.3) is 0 Å². The highest BCUT2D eigenvalue weighted by Crippen LogP contribution is 2.12. The summed E-state index contributed by atoms with van der Waals surface area (Å²) in [6.45, 7) is 3.63. The molecule has 0 aliphatic heterocycles. The van der Waals surface area contributed by atoms with E-state index in [2.05, 4.69) is 22.9 Å². The summed E-state index contributed by atoms with van der Waals surface area (Å²) >= 11 is 5.68. The summed E-state index contributed by atoms with van der Waals surface area (Å²) in [5.74, 6) is 1.39. The van der Waals surface area contributed by atoms with E-state index in [-0.39, 0.29) is 0 Å². The zero-order chi connectivity index (χ0) is 11.1. The fourth-order valence-corrected chi connectivity index (χ4v) is 1.46. The minimum atomic E-state index is 0.484. The van der Waals surface area contributed by atoms with Crippen molar-refractivity contribution in [3.63, 3.8) is 0 Å². The van der Waals surface area contributed by atoms with Crippen molar-refractivity contribution in [2.24, 2.45) is 0 Å². The monoisotopic (exact) mass is 223 g/mol. The van der Waals surface area contributed by atoms with Crippen LogP contribution in [0.5, 0.6) is 0 Å². The first-order chi connectivity index (χ1) is 7.31. The van der Waals surface area contributed by atoms with Crippen LogP contribution in [-0.4, -0.2) is 18.1 Å². The number of rotatable bonds is 5. The molecule has 15 heavy (non-hydrogen) atoms. The molecule has 0 amide bonds. The topological polar surface area (TPSA) is 39.9 Å². The Morgan fingerprint density at radius 2 is 2.33 bits per heavy atom. The normalized spacial score (nSPS) is 9.67. The largest absolute Gasteiger partial charge is 0.356 e. The average Bonchev–Trinajstić information content (AvgIpc) is 2.31. The lowest BCUT2D eigenvalue weighted by molar-refractivity contribution is 0.810. The Kier molecular flexibility index (Phi) is 4.92. The van der Waals surface area contributed by atoms with Gasteiger partial charge in [0.2, 0.25) is 0 Å². The minimum Gasteiger partial charge on any atom is -0.356 e. The number of hydrogen-bond donors (Lipinski definition) is 0. The molecule has 1 rings (SSSR count). The highest BCUT2D eigenvalue weighted by molar-refractivity contribution is 6.17. The number of alkyl halides is 1. The predicted molar refractivity (Wildman–Crippen MR) is 61.9 cm³/mol. The lowest BCUT2D eigenvalue weighted by Crippen LogP contribution is -2.24. The third-order valence-corrected chi connectivity index (χ3v) is 2.47. The Balaban J connectivity index is 2.70. The van der Waals surface area contributed by atoms with Gasteiger partial charge in [-0.1, -0.05) is 6.07 Å². The molecule has 1 aromatic rings. The fourth-order valence-electron chi connectivity index (χ4n) is 1.30. The van der Waals surface area contributed by atoms with E-state index < -0.39 is 0 Å². The summed E-state index contributed by atoms with van der Waals surface area (Å²) < 4.78 is 0. The van der Waals surface area contributed by atoms with Gasteiger partial charge in [0.25, 0.3) is 0 Å². The molecule has 1 aromatic heterocycles. The van der Waals surface area contributed by atoms with Crippen molar-refractivity contribution in [2.75, 3.05) is 18.0 Å². The molecule has 0 aliphatic carbocycles. The summed E-state index contributed by atoms with van der Waals surface area (Å²) in [6, 6.07) is 6.04. The van der Waals surface area contributed by atoms with E-state index in [9.17, 15) is 0 Å². The SMILES string of the molecule is CCN(CCC#N)c1ccc(CCl)cn1. The number of pyridine rings is 1. The zero-order valence-corrected chi connectivity index (χ0v) is 9.54. The van der Waals surface area contributed by atoms with Crippen molar-refractivity contribution in [2.45, 2.75) is 19.2 Å². The molecule has 0 aliphatic rings. The smallest absolute Gasteiger partial charge is 0.128 e. The van der Waals surface area contributed by atoms with Crippen LogP contribution in [0.1, 0.15) is 18.9 Å². The van der Waals surface area contributed by atoms with Crippen molar-refractivity contribution < 1.29 is 0 Å². The maximum absolute atomic E-state index is 8.53. The molecule has 0 spiro atoms. The fraction of sp³-hybridized carbons (Fsp3) is 0.455. The number of hydrogen-bond acceptors (Lipinski definition) is 3. The Morgan fingerprint density at radius 3 is 2.80 bits per heavy atom. The minimum absolute atomic E-state index is 0.484. The predicted octanol–water partition coefficient (Wildman–Crippen LogP) is 2.56. The first-order valence-electron chi connectivity index (χ1n) is 4.94. The van der Waals surface area contributed by atoms with Crippen LogP contribution < -0.4 is 4.90 Å². The second-order valence-corrected chi connectivity index (χ2v) is 3.41. The molecular formula is C11H14ClN3. The van der Waals surface area contributed by atoms with E-state index in [0.717, 1.165) is 24.5 Å². The number of nitriles is 1. The van der Waals surface area contributed by atoms with Gasteiger partial charge in [-0.25, -0.2) is 4.98 Å². The van der Waals surface area contributed by atoms with Gasteiger partial charge in [-0.2, -0.15) is 5.26 Å². The molecule has 0 N–H and O–H groups in total. The van der Waals surface area contributed by atoms with E-state index in [0.29, 0.717) is 12.3 Å². The molecule has 0 saturated heterocycles. The van der Waals surface area contributed by atoms with E-state index >= 15 is 0 Å². The maximum atomic E-state index is 8.53. The zero-order valence-electron chi connectivity index (χ0n) is 8.78. The van der Waals surface area contributed by atoms with Crippen molar-refractivity contribution >= 4 is 17.4 Å². The summed E-state index contributed by atoms with van der Waals surface area (Å²) in [7, 11) is 0. The Labute approximate surface area is 95.3 Å². The van der Waals surface area contributed by atoms with Crippen LogP contribution in [0.2, 0.25) is 0 Å². The third-order valence-electron chi connectivity index (χ3n) is 2.16. The molecule has 0 saturated carbocycles. The maximum Gasteiger partial charge on any atom is 0.128 e. The van der Waals surface area contributed by atoms with Crippen LogP contribution in [-0.2, 0) is 5.88 Å². The number of anilines is 1. The van der Waals surface area contributed by atoms with Crippen molar-refractivity contribution in [1.82, 2.24) is 4.98 Å². The van der Waals surface area contributed by atoms with Gasteiger partial charge < -0.3 is 4.90 Å². The van der Waals surface area contributed by atoms with Crippen LogP contribution in [0.4, 0.5) is 5.82 Å². The lowest BCUT2D eigenvalue weighted by Gasteiger charge is -2.20. The molecule has 0 radical (unpaired) electrons. The first kappa shape index (κ1) is 11.8. The standard InChI is InChI=1S/C11H14ClN3/c1-2-15(7-3-6-13)11-5-4-10(8-12)9-14-11/h4-5,9H,2-3,7-8H2,1H3. The molecular weight excluding hydrogens is 210 g/mol. The molecule has 0 fully saturated rings. The summed E-state index contributed by atoms with van der Waals surface area (Å²) in [4.78, 5) is 6.38. The summed E-state index contributed by atoms with van der Waals surface area (Å²) in [5.41, 5.74) is 1.01. The van der Waals surface area contributed by atoms with Gasteiger partial charge in [0.15, 0.2) is 0 Å². The first-order valence-corrected chi connectivity index (χ1v) is 5.48. The van der Waals surface area contributed by atoms with Crippen molar-refractivity contribution in [1.29, 1.82) is 5.26 Å². The van der Waals surface area contributed by atoms with Gasteiger partial charge >= 0.3 is 0 Å². The lowest BCUT2D eigenvalue weighted by atomic mass is 10.3. The van der Waals surface area contributed by atoms with Gasteiger partial charge in [0.1, 0.15) is 5.82 Å². The van der Waals surface area contributed by atoms with Crippen molar-refractivity contribution in [3.05, 3.63) is 23.9 Å². The Morgan fingerprint density at radius 1 is 1.53 bits per heavy atom. The van der Waals surface area contributed by atoms with Crippen LogP contribution in [0, 0.1) is 11.3 Å². The van der Waals surface area contributed by atoms with E-state index in [1.807, 2.05) is 12.1 Å². The molecule has 0 bridgehead atoms. The van der Waals surface area contributed by atoms with E-state index in [4.69, 9.17) is 16.9 Å². The molecule has 0 atom stereocenters. The highest BCUT2D eigenvalue weighted by Gasteiger charge is 2.04. The van der Waals surface area contributed by atoms with Gasteiger partial charge in [0, 0.05) is 25.2 Å². The number of halogens is 1. The molecule has 1 heterocycles. The average molecular weight is 224 g/mol. The van der Waals surface area contributed by atoms with Gasteiger partial charge in [0.05, 0.1) is 12.5 Å². The van der Waals surface area contributed by atoms with Gasteiger partial charge in [-0.05, 0) is 18.6 Å².